The number of sulfone groups is 1. The average Bonchev–Trinajstić information content (AvgIpc) is 2.82. The lowest BCUT2D eigenvalue weighted by molar-refractivity contribution is 0.221. The molecule has 0 radical (unpaired) electrons. The monoisotopic (exact) mass is 479 g/mol. The molecule has 0 heterocycles. The van der Waals surface area contributed by atoms with Crippen molar-refractivity contribution in [2.75, 3.05) is 23.5 Å². The maximum atomic E-state index is 13.0. The number of benzene rings is 3. The molecule has 178 valence electrons. The quantitative estimate of drug-likeness (QED) is 0.201. The molecule has 5 N–H and O–H groups in total. The molecular weight excluding hydrogens is 450 g/mol. The lowest BCUT2D eigenvalue weighted by atomic mass is 10.1. The van der Waals surface area contributed by atoms with Crippen LogP contribution in [-0.2, 0) is 9.84 Å². The molecule has 0 aliphatic heterocycles. The minimum atomic E-state index is -3.37. The summed E-state index contributed by atoms with van der Waals surface area (Å²) in [4.78, 5) is 13.2. The van der Waals surface area contributed by atoms with Crippen molar-refractivity contribution >= 4 is 33.1 Å². The van der Waals surface area contributed by atoms with Crippen LogP contribution in [0.2, 0.25) is 0 Å². The number of hydrazine groups is 1. The van der Waals surface area contributed by atoms with Crippen LogP contribution >= 0.6 is 0 Å². The Kier molecular flexibility index (Phi) is 7.91. The second-order valence-electron chi connectivity index (χ2n) is 7.89. The Hall–Kier alpha value is -3.85. The van der Waals surface area contributed by atoms with Crippen molar-refractivity contribution in [3.05, 3.63) is 78.4 Å². The number of nitrogens with zero attached hydrogens (tertiary/aromatic N) is 1. The van der Waals surface area contributed by atoms with Gasteiger partial charge in [0.25, 0.3) is 0 Å². The molecule has 3 rings (SSSR count). The number of nitrogens with one attached hydrogen (secondary N) is 3. The first-order valence-corrected chi connectivity index (χ1v) is 12.8. The van der Waals surface area contributed by atoms with E-state index in [1.807, 2.05) is 6.92 Å². The van der Waals surface area contributed by atoms with Crippen LogP contribution in [0.1, 0.15) is 25.3 Å². The van der Waals surface area contributed by atoms with E-state index in [4.69, 9.17) is 11.1 Å². The highest BCUT2D eigenvalue weighted by Crippen LogP contribution is 2.28. The predicted molar refractivity (Wildman–Crippen MR) is 137 cm³/mol. The van der Waals surface area contributed by atoms with Crippen LogP contribution in [0.25, 0.3) is 11.1 Å². The number of hydrogen-bond acceptors (Lipinski definition) is 5. The summed E-state index contributed by atoms with van der Waals surface area (Å²) in [7, 11) is -3.37. The highest BCUT2D eigenvalue weighted by Gasteiger charge is 2.16. The zero-order valence-electron chi connectivity index (χ0n) is 19.2. The maximum absolute atomic E-state index is 13.0. The zero-order valence-corrected chi connectivity index (χ0v) is 20.0. The highest BCUT2D eigenvalue weighted by molar-refractivity contribution is 7.90. The summed E-state index contributed by atoms with van der Waals surface area (Å²) >= 11 is 0. The van der Waals surface area contributed by atoms with Gasteiger partial charge in [0.2, 0.25) is 0 Å². The highest BCUT2D eigenvalue weighted by atomic mass is 32.2. The molecular formula is C25H29N5O3S. The van der Waals surface area contributed by atoms with Crippen LogP contribution < -0.4 is 16.5 Å². The maximum Gasteiger partial charge on any atom is 0.340 e. The standard InChI is InChI=1S/C25H29N5O3S/c1-3-4-16-30(29-21-9-7-8-19(17-21)24(26)27)25(31)28-20-14-12-18(13-15-20)22-10-5-6-11-23(22)34(2,32)33/h5-15,17,29H,3-4,16H2,1-2H3,(H3,26,27)(H,28,31). The average molecular weight is 480 g/mol. The molecule has 0 saturated heterocycles. The van der Waals surface area contributed by atoms with Crippen LogP contribution in [0, 0.1) is 5.41 Å². The van der Waals surface area contributed by atoms with Crippen LogP contribution in [-0.4, -0.2) is 38.1 Å². The lowest BCUT2D eigenvalue weighted by Gasteiger charge is -2.25. The number of hydrogen-bond donors (Lipinski definition) is 4. The number of urea groups is 1. The van der Waals surface area contributed by atoms with Gasteiger partial charge in [0.1, 0.15) is 5.84 Å². The molecule has 3 aromatic rings. The molecule has 0 unspecified atom stereocenters. The van der Waals surface area contributed by atoms with E-state index in [0.29, 0.717) is 29.0 Å². The third-order valence-corrected chi connectivity index (χ3v) is 6.31. The fraction of sp³-hybridized carbons (Fsp3) is 0.200. The summed E-state index contributed by atoms with van der Waals surface area (Å²) in [6, 6.07) is 20.5. The minimum absolute atomic E-state index is 0.0502. The van der Waals surface area contributed by atoms with Gasteiger partial charge in [0.05, 0.1) is 10.6 Å². The number of rotatable bonds is 9. The topological polar surface area (TPSA) is 128 Å². The number of unbranched alkanes of at least 4 members (excludes halogenated alkanes) is 1. The summed E-state index contributed by atoms with van der Waals surface area (Å²) in [6.45, 7) is 2.52. The zero-order chi connectivity index (χ0) is 24.7. The number of anilines is 2. The Bertz CT molecular complexity index is 1270. The third-order valence-electron chi connectivity index (χ3n) is 5.15. The lowest BCUT2D eigenvalue weighted by Crippen LogP contribution is -2.40. The molecule has 0 bridgehead atoms. The van der Waals surface area contributed by atoms with Gasteiger partial charge in [0, 0.05) is 29.6 Å². The van der Waals surface area contributed by atoms with E-state index in [1.54, 1.807) is 72.8 Å². The van der Waals surface area contributed by atoms with Gasteiger partial charge in [-0.25, -0.2) is 18.2 Å². The van der Waals surface area contributed by atoms with Crippen molar-refractivity contribution < 1.29 is 13.2 Å². The van der Waals surface area contributed by atoms with Crippen molar-refractivity contribution in [1.29, 1.82) is 5.41 Å². The molecule has 0 aromatic heterocycles. The second-order valence-corrected chi connectivity index (χ2v) is 9.87. The van der Waals surface area contributed by atoms with E-state index in [1.165, 1.54) is 11.3 Å². The van der Waals surface area contributed by atoms with E-state index >= 15 is 0 Å². The van der Waals surface area contributed by atoms with E-state index in [9.17, 15) is 13.2 Å². The Morgan fingerprint density at radius 1 is 1.00 bits per heavy atom. The largest absolute Gasteiger partial charge is 0.384 e. The first kappa shape index (κ1) is 24.8. The van der Waals surface area contributed by atoms with Gasteiger partial charge in [0.15, 0.2) is 9.84 Å². The molecule has 0 fully saturated rings. The van der Waals surface area contributed by atoms with Gasteiger partial charge in [-0.1, -0.05) is 55.8 Å². The molecule has 2 amide bonds. The Labute approximate surface area is 200 Å². The van der Waals surface area contributed by atoms with Crippen LogP contribution in [0.15, 0.2) is 77.7 Å². The van der Waals surface area contributed by atoms with Gasteiger partial charge >= 0.3 is 6.03 Å². The Morgan fingerprint density at radius 2 is 1.71 bits per heavy atom. The van der Waals surface area contributed by atoms with Crippen molar-refractivity contribution in [2.24, 2.45) is 5.73 Å². The van der Waals surface area contributed by atoms with E-state index < -0.39 is 9.84 Å². The summed E-state index contributed by atoms with van der Waals surface area (Å²) in [6.07, 6.45) is 2.89. The first-order valence-electron chi connectivity index (χ1n) is 10.9. The fourth-order valence-electron chi connectivity index (χ4n) is 3.39. The van der Waals surface area contributed by atoms with Crippen LogP contribution in [0.3, 0.4) is 0 Å². The van der Waals surface area contributed by atoms with E-state index in [2.05, 4.69) is 10.7 Å². The summed E-state index contributed by atoms with van der Waals surface area (Å²) in [5, 5.41) is 12.0. The predicted octanol–water partition coefficient (Wildman–Crippen LogP) is 4.70. The summed E-state index contributed by atoms with van der Waals surface area (Å²) < 4.78 is 24.2. The minimum Gasteiger partial charge on any atom is -0.384 e. The molecule has 0 aliphatic rings. The van der Waals surface area contributed by atoms with Gasteiger partial charge in [-0.05, 0) is 42.3 Å². The van der Waals surface area contributed by atoms with Gasteiger partial charge in [-0.15, -0.1) is 0 Å². The van der Waals surface area contributed by atoms with Crippen molar-refractivity contribution in [1.82, 2.24) is 5.01 Å². The van der Waals surface area contributed by atoms with Crippen LogP contribution in [0.5, 0.6) is 0 Å². The SMILES string of the molecule is CCCCN(Nc1cccc(C(=N)N)c1)C(=O)Nc1ccc(-c2ccccc2S(C)(=O)=O)cc1. The summed E-state index contributed by atoms with van der Waals surface area (Å²) in [5.41, 5.74) is 11.8. The smallest absolute Gasteiger partial charge is 0.340 e. The molecule has 0 aliphatic carbocycles. The third kappa shape index (κ3) is 6.35. The molecule has 0 atom stereocenters. The van der Waals surface area contributed by atoms with E-state index in [0.717, 1.165) is 18.4 Å². The number of amides is 2. The molecule has 34 heavy (non-hydrogen) atoms. The Balaban J connectivity index is 1.77. The van der Waals surface area contributed by atoms with Gasteiger partial charge < -0.3 is 11.1 Å². The van der Waals surface area contributed by atoms with Crippen molar-refractivity contribution in [3.8, 4) is 11.1 Å². The Morgan fingerprint density at radius 3 is 2.35 bits per heavy atom. The summed E-state index contributed by atoms with van der Waals surface area (Å²) in [5.74, 6) is -0.0502. The number of carbonyl (C=O) groups is 1. The normalized spacial score (nSPS) is 11.0. The van der Waals surface area contributed by atoms with E-state index in [-0.39, 0.29) is 16.8 Å². The fourth-order valence-corrected chi connectivity index (χ4v) is 4.30. The molecule has 3 aromatic carbocycles. The van der Waals surface area contributed by atoms with Gasteiger partial charge in [-0.2, -0.15) is 0 Å². The van der Waals surface area contributed by atoms with Crippen molar-refractivity contribution in [2.45, 2.75) is 24.7 Å². The van der Waals surface area contributed by atoms with Gasteiger partial charge in [-0.3, -0.25) is 10.8 Å². The number of nitrogens with two attached hydrogens (primary N) is 1. The first-order chi connectivity index (χ1) is 16.2. The number of amidine groups is 1. The molecule has 8 nitrogen and oxygen atoms in total. The van der Waals surface area contributed by atoms with Crippen LogP contribution in [0.4, 0.5) is 16.2 Å². The molecule has 0 spiro atoms. The van der Waals surface area contributed by atoms with Crippen molar-refractivity contribution in [3.63, 3.8) is 0 Å². The second kappa shape index (κ2) is 10.8. The number of nitrogen functional groups attached to an aromatic ring is 1. The molecule has 9 heteroatoms. The molecule has 0 saturated carbocycles. The number of carbonyl (C=O) groups excluding carboxylic acids is 1.